The summed E-state index contributed by atoms with van der Waals surface area (Å²) in [6, 6.07) is 1.74. The van der Waals surface area contributed by atoms with Crippen molar-refractivity contribution in [2.45, 2.75) is 39.8 Å². The summed E-state index contributed by atoms with van der Waals surface area (Å²) < 4.78 is 1.78. The smallest absolute Gasteiger partial charge is 0.221 e. The highest BCUT2D eigenvalue weighted by molar-refractivity contribution is 5.76. The lowest BCUT2D eigenvalue weighted by atomic mass is 9.85. The summed E-state index contributed by atoms with van der Waals surface area (Å²) in [6.07, 6.45) is 3.95. The Labute approximate surface area is 102 Å². The zero-order valence-corrected chi connectivity index (χ0v) is 10.8. The molecule has 1 aromatic heterocycles. The fourth-order valence-electron chi connectivity index (χ4n) is 1.32. The second-order valence-corrected chi connectivity index (χ2v) is 5.30. The molecule has 0 aliphatic heterocycles. The molecule has 5 heteroatoms. The number of nitrogens with two attached hydrogens (primary N) is 1. The van der Waals surface area contributed by atoms with Gasteiger partial charge in [0.1, 0.15) is 0 Å². The van der Waals surface area contributed by atoms with Gasteiger partial charge in [-0.3, -0.25) is 9.48 Å². The van der Waals surface area contributed by atoms with Crippen molar-refractivity contribution in [3.05, 3.63) is 18.5 Å². The van der Waals surface area contributed by atoms with Crippen LogP contribution < -0.4 is 11.1 Å². The Morgan fingerprint density at radius 2 is 2.24 bits per heavy atom. The van der Waals surface area contributed by atoms with E-state index in [4.69, 9.17) is 5.73 Å². The molecule has 1 rings (SSSR count). The molecule has 0 saturated heterocycles. The molecular weight excluding hydrogens is 216 g/mol. The first kappa shape index (κ1) is 13.7. The lowest BCUT2D eigenvalue weighted by molar-refractivity contribution is -0.121. The lowest BCUT2D eigenvalue weighted by Crippen LogP contribution is -2.40. The van der Waals surface area contributed by atoms with Crippen LogP contribution in [0, 0.1) is 5.41 Å². The van der Waals surface area contributed by atoms with E-state index in [1.54, 1.807) is 10.9 Å². The van der Waals surface area contributed by atoms with Crippen molar-refractivity contribution in [1.29, 1.82) is 0 Å². The Bertz CT molecular complexity index is 340. The van der Waals surface area contributed by atoms with Crippen LogP contribution >= 0.6 is 0 Å². The van der Waals surface area contributed by atoms with Crippen molar-refractivity contribution in [3.63, 3.8) is 0 Å². The average molecular weight is 238 g/mol. The second-order valence-electron chi connectivity index (χ2n) is 5.30. The van der Waals surface area contributed by atoms with Crippen LogP contribution in [-0.2, 0) is 11.3 Å². The summed E-state index contributed by atoms with van der Waals surface area (Å²) >= 11 is 0. The van der Waals surface area contributed by atoms with Crippen LogP contribution in [0.25, 0.3) is 0 Å². The largest absolute Gasteiger partial charge is 0.354 e. The van der Waals surface area contributed by atoms with E-state index in [-0.39, 0.29) is 17.4 Å². The van der Waals surface area contributed by atoms with Gasteiger partial charge in [-0.2, -0.15) is 5.10 Å². The molecular formula is C12H22N4O. The van der Waals surface area contributed by atoms with Crippen LogP contribution in [0.1, 0.15) is 27.2 Å². The maximum atomic E-state index is 11.6. The highest BCUT2D eigenvalue weighted by Crippen LogP contribution is 2.19. The Hall–Kier alpha value is -1.36. The minimum atomic E-state index is -0.118. The third-order valence-electron chi connectivity index (χ3n) is 2.74. The van der Waals surface area contributed by atoms with Crippen LogP contribution in [0.2, 0.25) is 0 Å². The van der Waals surface area contributed by atoms with Gasteiger partial charge >= 0.3 is 0 Å². The van der Waals surface area contributed by atoms with Crippen LogP contribution in [0.5, 0.6) is 0 Å². The number of nitrogens with zero attached hydrogens (tertiary/aromatic N) is 2. The minimum absolute atomic E-state index is 0.000388. The van der Waals surface area contributed by atoms with E-state index in [0.717, 1.165) is 0 Å². The molecule has 96 valence electrons. The fraction of sp³-hybridized carbons (Fsp3) is 0.667. The van der Waals surface area contributed by atoms with E-state index in [2.05, 4.69) is 10.4 Å². The zero-order valence-electron chi connectivity index (χ0n) is 10.8. The standard InChI is InChI=1S/C12H22N4O/c1-12(2,3)10(13)9-11(17)14-6-8-16-7-4-5-15-16/h4-5,7,10H,6,8-9,13H2,1-3H3,(H,14,17). The van der Waals surface area contributed by atoms with Gasteiger partial charge in [-0.15, -0.1) is 0 Å². The molecule has 1 unspecified atom stereocenters. The first-order valence-corrected chi connectivity index (χ1v) is 5.89. The first-order valence-electron chi connectivity index (χ1n) is 5.89. The van der Waals surface area contributed by atoms with Crippen molar-refractivity contribution in [2.24, 2.45) is 11.1 Å². The number of amides is 1. The van der Waals surface area contributed by atoms with Crippen LogP contribution in [0.3, 0.4) is 0 Å². The number of hydrogen-bond donors (Lipinski definition) is 2. The number of carbonyl (C=O) groups excluding carboxylic acids is 1. The quantitative estimate of drug-likeness (QED) is 0.795. The summed E-state index contributed by atoms with van der Waals surface area (Å²) in [5.74, 6) is -0.000388. The van der Waals surface area contributed by atoms with E-state index >= 15 is 0 Å². The average Bonchev–Trinajstić information content (AvgIpc) is 2.69. The molecule has 1 heterocycles. The highest BCUT2D eigenvalue weighted by atomic mass is 16.1. The van der Waals surface area contributed by atoms with Crippen molar-refractivity contribution in [1.82, 2.24) is 15.1 Å². The maximum Gasteiger partial charge on any atom is 0.221 e. The van der Waals surface area contributed by atoms with Gasteiger partial charge in [0, 0.05) is 31.4 Å². The molecule has 0 aliphatic carbocycles. The number of rotatable bonds is 5. The second kappa shape index (κ2) is 5.82. The van der Waals surface area contributed by atoms with E-state index in [1.807, 2.05) is 33.0 Å². The maximum absolute atomic E-state index is 11.6. The summed E-state index contributed by atoms with van der Waals surface area (Å²) in [6.45, 7) is 7.37. The van der Waals surface area contributed by atoms with Gasteiger partial charge in [0.2, 0.25) is 5.91 Å². The summed E-state index contributed by atoms with van der Waals surface area (Å²) in [5.41, 5.74) is 5.90. The molecule has 1 amide bonds. The Morgan fingerprint density at radius 3 is 2.76 bits per heavy atom. The fourth-order valence-corrected chi connectivity index (χ4v) is 1.32. The summed E-state index contributed by atoms with van der Waals surface area (Å²) in [4.78, 5) is 11.6. The third-order valence-corrected chi connectivity index (χ3v) is 2.74. The molecule has 0 spiro atoms. The van der Waals surface area contributed by atoms with Crippen molar-refractivity contribution >= 4 is 5.91 Å². The summed E-state index contributed by atoms with van der Waals surface area (Å²) in [5, 5.41) is 6.90. The molecule has 0 saturated carbocycles. The molecule has 1 atom stereocenters. The van der Waals surface area contributed by atoms with Gasteiger partial charge in [0.15, 0.2) is 0 Å². The lowest BCUT2D eigenvalue weighted by Gasteiger charge is -2.26. The molecule has 3 N–H and O–H groups in total. The predicted octanol–water partition coefficient (Wildman–Crippen LogP) is 0.763. The number of aromatic nitrogens is 2. The Balaban J connectivity index is 2.22. The Morgan fingerprint density at radius 1 is 1.53 bits per heavy atom. The van der Waals surface area contributed by atoms with Gasteiger partial charge in [0.25, 0.3) is 0 Å². The van der Waals surface area contributed by atoms with E-state index < -0.39 is 0 Å². The summed E-state index contributed by atoms with van der Waals surface area (Å²) in [7, 11) is 0. The molecule has 0 aromatic carbocycles. The van der Waals surface area contributed by atoms with Crippen LogP contribution in [0.15, 0.2) is 18.5 Å². The van der Waals surface area contributed by atoms with E-state index in [9.17, 15) is 4.79 Å². The molecule has 0 radical (unpaired) electrons. The van der Waals surface area contributed by atoms with Gasteiger partial charge in [-0.05, 0) is 11.5 Å². The van der Waals surface area contributed by atoms with Gasteiger partial charge in [0.05, 0.1) is 6.54 Å². The molecule has 17 heavy (non-hydrogen) atoms. The van der Waals surface area contributed by atoms with Gasteiger partial charge < -0.3 is 11.1 Å². The van der Waals surface area contributed by atoms with Gasteiger partial charge in [-0.25, -0.2) is 0 Å². The van der Waals surface area contributed by atoms with Gasteiger partial charge in [-0.1, -0.05) is 20.8 Å². The molecule has 0 bridgehead atoms. The van der Waals surface area contributed by atoms with Crippen LogP contribution in [-0.4, -0.2) is 28.3 Å². The third kappa shape index (κ3) is 4.99. The molecule has 0 fully saturated rings. The first-order chi connectivity index (χ1) is 7.89. The normalized spacial score (nSPS) is 13.4. The van der Waals surface area contributed by atoms with E-state index in [1.165, 1.54) is 0 Å². The topological polar surface area (TPSA) is 72.9 Å². The monoisotopic (exact) mass is 238 g/mol. The van der Waals surface area contributed by atoms with Crippen LogP contribution in [0.4, 0.5) is 0 Å². The number of carbonyl (C=O) groups is 1. The molecule has 1 aromatic rings. The highest BCUT2D eigenvalue weighted by Gasteiger charge is 2.22. The van der Waals surface area contributed by atoms with Crippen molar-refractivity contribution in [3.8, 4) is 0 Å². The minimum Gasteiger partial charge on any atom is -0.354 e. The van der Waals surface area contributed by atoms with E-state index in [0.29, 0.717) is 19.5 Å². The number of nitrogens with one attached hydrogen (secondary N) is 1. The SMILES string of the molecule is CC(C)(C)C(N)CC(=O)NCCn1cccn1. The zero-order chi connectivity index (χ0) is 12.9. The molecule has 0 aliphatic rings. The predicted molar refractivity (Wildman–Crippen MR) is 67.3 cm³/mol. The Kier molecular flexibility index (Phi) is 4.69. The van der Waals surface area contributed by atoms with Crippen molar-refractivity contribution < 1.29 is 4.79 Å². The van der Waals surface area contributed by atoms with Crippen molar-refractivity contribution in [2.75, 3.05) is 6.54 Å². The number of hydrogen-bond acceptors (Lipinski definition) is 3. The molecule has 5 nitrogen and oxygen atoms in total.